The van der Waals surface area contributed by atoms with Crippen molar-refractivity contribution < 1.29 is 9.53 Å². The summed E-state index contributed by atoms with van der Waals surface area (Å²) in [4.78, 5) is 12.4. The van der Waals surface area contributed by atoms with E-state index in [1.807, 2.05) is 42.5 Å². The van der Waals surface area contributed by atoms with Gasteiger partial charge in [0.2, 0.25) is 5.91 Å². The van der Waals surface area contributed by atoms with Gasteiger partial charge in [-0.25, -0.2) is 5.43 Å². The van der Waals surface area contributed by atoms with E-state index in [2.05, 4.69) is 23.5 Å². The Labute approximate surface area is 171 Å². The summed E-state index contributed by atoms with van der Waals surface area (Å²) in [6, 6.07) is 17.1. The first-order chi connectivity index (χ1) is 14.1. The highest BCUT2D eigenvalue weighted by Crippen LogP contribution is 2.66. The number of benzene rings is 2. The van der Waals surface area contributed by atoms with Gasteiger partial charge in [-0.2, -0.15) is 10.4 Å². The summed E-state index contributed by atoms with van der Waals surface area (Å²) >= 11 is 0. The van der Waals surface area contributed by atoms with E-state index in [4.69, 9.17) is 10.00 Å². The number of rotatable bonds is 6. The van der Waals surface area contributed by atoms with E-state index in [0.717, 1.165) is 17.5 Å². The van der Waals surface area contributed by atoms with Crippen LogP contribution in [-0.2, 0) is 11.4 Å². The van der Waals surface area contributed by atoms with Crippen LogP contribution in [-0.4, -0.2) is 12.1 Å². The van der Waals surface area contributed by atoms with Crippen LogP contribution in [0.3, 0.4) is 0 Å². The van der Waals surface area contributed by atoms with Crippen LogP contribution in [0.1, 0.15) is 49.3 Å². The highest BCUT2D eigenvalue weighted by molar-refractivity contribution is 5.85. The molecule has 5 heteroatoms. The number of hydrogen-bond acceptors (Lipinski definition) is 4. The quantitative estimate of drug-likeness (QED) is 0.589. The number of carbonyl (C=O) groups excluding carboxylic acids is 1. The second-order valence-electron chi connectivity index (χ2n) is 8.20. The maximum atomic E-state index is 12.4. The van der Waals surface area contributed by atoms with Gasteiger partial charge in [0.25, 0.3) is 0 Å². The fourth-order valence-electron chi connectivity index (χ4n) is 4.66. The van der Waals surface area contributed by atoms with E-state index in [-0.39, 0.29) is 17.2 Å². The monoisotopic (exact) mass is 387 g/mol. The number of hydrogen-bond donors (Lipinski definition) is 1. The van der Waals surface area contributed by atoms with Gasteiger partial charge >= 0.3 is 0 Å². The van der Waals surface area contributed by atoms with Crippen molar-refractivity contribution in [2.75, 3.05) is 0 Å². The van der Waals surface area contributed by atoms with Crippen LogP contribution in [0, 0.1) is 28.6 Å². The van der Waals surface area contributed by atoms with E-state index in [1.165, 1.54) is 19.3 Å². The Hall–Kier alpha value is -3.13. The Morgan fingerprint density at radius 2 is 2.07 bits per heavy atom. The average Bonchev–Trinajstić information content (AvgIpc) is 3.39. The third-order valence-corrected chi connectivity index (χ3v) is 6.41. The van der Waals surface area contributed by atoms with E-state index >= 15 is 0 Å². The van der Waals surface area contributed by atoms with Gasteiger partial charge in [0.1, 0.15) is 12.4 Å². The Morgan fingerprint density at radius 1 is 1.28 bits per heavy atom. The van der Waals surface area contributed by atoms with Crippen molar-refractivity contribution in [3.8, 4) is 11.8 Å². The minimum Gasteiger partial charge on any atom is -0.489 e. The summed E-state index contributed by atoms with van der Waals surface area (Å²) < 4.78 is 5.77. The molecular weight excluding hydrogens is 362 g/mol. The molecule has 0 aromatic heterocycles. The first-order valence-electron chi connectivity index (χ1n) is 10.2. The minimum absolute atomic E-state index is 0.0479. The van der Waals surface area contributed by atoms with Gasteiger partial charge in [0.05, 0.1) is 17.8 Å². The van der Waals surface area contributed by atoms with Gasteiger partial charge in [-0.15, -0.1) is 0 Å². The summed E-state index contributed by atoms with van der Waals surface area (Å²) in [6.45, 7) is 2.58. The SMILES string of the molecule is C[C@]12CCCC[C@H]1[C@@H]2C(=O)N/N=C\c1ccc(OCc2ccccc2C#N)cc1. The molecule has 2 aliphatic rings. The molecule has 3 atom stereocenters. The summed E-state index contributed by atoms with van der Waals surface area (Å²) in [5.74, 6) is 1.42. The van der Waals surface area contributed by atoms with Gasteiger partial charge in [-0.3, -0.25) is 4.79 Å². The van der Waals surface area contributed by atoms with E-state index in [9.17, 15) is 4.79 Å². The van der Waals surface area contributed by atoms with E-state index < -0.39 is 0 Å². The van der Waals surface area contributed by atoms with E-state index in [1.54, 1.807) is 12.3 Å². The molecule has 0 spiro atoms. The molecule has 0 saturated heterocycles. The lowest BCUT2D eigenvalue weighted by Crippen LogP contribution is -2.22. The largest absolute Gasteiger partial charge is 0.489 e. The lowest BCUT2D eigenvalue weighted by molar-refractivity contribution is -0.123. The van der Waals surface area contributed by atoms with Crippen LogP contribution in [0.4, 0.5) is 0 Å². The lowest BCUT2D eigenvalue weighted by Gasteiger charge is -2.15. The molecule has 0 bridgehead atoms. The molecule has 5 nitrogen and oxygen atoms in total. The highest BCUT2D eigenvalue weighted by atomic mass is 16.5. The Balaban J connectivity index is 1.28. The maximum absolute atomic E-state index is 12.4. The zero-order valence-corrected chi connectivity index (χ0v) is 16.6. The van der Waals surface area contributed by atoms with Crippen molar-refractivity contribution in [3.63, 3.8) is 0 Å². The second kappa shape index (κ2) is 8.08. The predicted octanol–water partition coefficient (Wildman–Crippen LogP) is 4.41. The first-order valence-corrected chi connectivity index (χ1v) is 10.2. The van der Waals surface area contributed by atoms with Crippen LogP contribution < -0.4 is 10.2 Å². The molecule has 2 aliphatic carbocycles. The number of nitrogens with zero attached hydrogens (tertiary/aromatic N) is 2. The number of ether oxygens (including phenoxy) is 1. The predicted molar refractivity (Wildman–Crippen MR) is 111 cm³/mol. The molecular formula is C24H25N3O2. The maximum Gasteiger partial charge on any atom is 0.244 e. The fourth-order valence-corrected chi connectivity index (χ4v) is 4.66. The third-order valence-electron chi connectivity index (χ3n) is 6.41. The number of nitrogens with one attached hydrogen (secondary N) is 1. The highest BCUT2D eigenvalue weighted by Gasteiger charge is 2.64. The van der Waals surface area contributed by atoms with Crippen LogP contribution in [0.15, 0.2) is 53.6 Å². The van der Waals surface area contributed by atoms with Crippen LogP contribution in [0.25, 0.3) is 0 Å². The minimum atomic E-state index is 0.0479. The summed E-state index contributed by atoms with van der Waals surface area (Å²) in [5, 5.41) is 13.3. The van der Waals surface area contributed by atoms with Crippen LogP contribution in [0.5, 0.6) is 5.75 Å². The van der Waals surface area contributed by atoms with Crippen molar-refractivity contribution in [2.24, 2.45) is 22.4 Å². The molecule has 4 rings (SSSR count). The zero-order chi connectivity index (χ0) is 20.3. The molecule has 0 unspecified atom stereocenters. The molecule has 148 valence electrons. The average molecular weight is 387 g/mol. The number of fused-ring (bicyclic) bond motifs is 1. The summed E-state index contributed by atoms with van der Waals surface area (Å²) in [7, 11) is 0. The molecule has 2 fully saturated rings. The van der Waals surface area contributed by atoms with Crippen LogP contribution >= 0.6 is 0 Å². The Bertz CT molecular complexity index is 961. The normalized spacial score (nSPS) is 25.1. The number of nitriles is 1. The topological polar surface area (TPSA) is 74.5 Å². The zero-order valence-electron chi connectivity index (χ0n) is 16.6. The van der Waals surface area contributed by atoms with Crippen LogP contribution in [0.2, 0.25) is 0 Å². The van der Waals surface area contributed by atoms with Crippen molar-refractivity contribution in [3.05, 3.63) is 65.2 Å². The first kappa shape index (κ1) is 19.2. The van der Waals surface area contributed by atoms with Crippen molar-refractivity contribution in [2.45, 2.75) is 39.2 Å². The molecule has 0 heterocycles. The molecule has 2 aromatic rings. The second-order valence-corrected chi connectivity index (χ2v) is 8.20. The Kier molecular flexibility index (Phi) is 5.35. The van der Waals surface area contributed by atoms with Gasteiger partial charge in [-0.05, 0) is 60.1 Å². The molecule has 1 N–H and O–H groups in total. The Morgan fingerprint density at radius 3 is 2.79 bits per heavy atom. The van der Waals surface area contributed by atoms with Gasteiger partial charge in [0.15, 0.2) is 0 Å². The molecule has 2 saturated carbocycles. The number of hydrazone groups is 1. The molecule has 1 amide bonds. The number of carbonyl (C=O) groups is 1. The standard InChI is InChI=1S/C24H25N3O2/c1-24-13-5-4-8-21(24)22(24)23(28)27-26-15-17-9-11-20(12-10-17)29-16-19-7-3-2-6-18(19)14-25/h2-3,6-7,9-12,15,21-22H,4-5,8,13,16H2,1H3,(H,27,28)/b26-15-/t21-,22+,24-/m0/s1. The third kappa shape index (κ3) is 4.02. The van der Waals surface area contributed by atoms with Crippen molar-refractivity contribution in [1.29, 1.82) is 5.26 Å². The molecule has 2 aromatic carbocycles. The van der Waals surface area contributed by atoms with Crippen molar-refractivity contribution >= 4 is 12.1 Å². The summed E-state index contributed by atoms with van der Waals surface area (Å²) in [6.07, 6.45) is 6.44. The van der Waals surface area contributed by atoms with Gasteiger partial charge in [-0.1, -0.05) is 38.0 Å². The molecule has 0 aliphatic heterocycles. The van der Waals surface area contributed by atoms with E-state index in [0.29, 0.717) is 23.8 Å². The molecule has 29 heavy (non-hydrogen) atoms. The van der Waals surface area contributed by atoms with Crippen molar-refractivity contribution in [1.82, 2.24) is 5.43 Å². The number of amides is 1. The van der Waals surface area contributed by atoms with Gasteiger partial charge in [0, 0.05) is 11.5 Å². The summed E-state index contributed by atoms with van der Waals surface area (Å²) in [5.41, 5.74) is 5.28. The molecule has 0 radical (unpaired) electrons. The smallest absolute Gasteiger partial charge is 0.244 e. The lowest BCUT2D eigenvalue weighted by atomic mass is 9.90. The van der Waals surface area contributed by atoms with Gasteiger partial charge < -0.3 is 4.74 Å². The fraction of sp³-hybridized carbons (Fsp3) is 0.375.